The first kappa shape index (κ1) is 12.4. The summed E-state index contributed by atoms with van der Waals surface area (Å²) in [7, 11) is 0. The minimum absolute atomic E-state index is 0.0625. The highest BCUT2D eigenvalue weighted by molar-refractivity contribution is 5.51. The summed E-state index contributed by atoms with van der Waals surface area (Å²) in [5.41, 5.74) is 9.37. The maximum Gasteiger partial charge on any atom is 0.129 e. The average Bonchev–Trinajstić information content (AvgIpc) is 2.38. The van der Waals surface area contributed by atoms with E-state index in [4.69, 9.17) is 10.8 Å². The molecule has 0 bridgehead atoms. The molecule has 94 valence electrons. The molecule has 0 aliphatic rings. The van der Waals surface area contributed by atoms with Crippen LogP contribution in [0.4, 0.5) is 11.5 Å². The van der Waals surface area contributed by atoms with Crippen molar-refractivity contribution in [2.24, 2.45) is 0 Å². The van der Waals surface area contributed by atoms with Crippen molar-refractivity contribution < 1.29 is 5.11 Å². The summed E-state index contributed by atoms with van der Waals surface area (Å²) >= 11 is 0. The molecule has 1 heterocycles. The molecule has 4 nitrogen and oxygen atoms in total. The van der Waals surface area contributed by atoms with Crippen LogP contribution in [0.15, 0.2) is 36.5 Å². The van der Waals surface area contributed by atoms with E-state index in [9.17, 15) is 0 Å². The number of benzene rings is 1. The van der Waals surface area contributed by atoms with Crippen molar-refractivity contribution in [1.29, 1.82) is 0 Å². The van der Waals surface area contributed by atoms with E-state index < -0.39 is 0 Å². The zero-order chi connectivity index (χ0) is 13.0. The molecule has 0 unspecified atom stereocenters. The summed E-state index contributed by atoms with van der Waals surface area (Å²) in [6.45, 7) is 2.70. The van der Waals surface area contributed by atoms with E-state index >= 15 is 0 Å². The largest absolute Gasteiger partial charge is 0.397 e. The molecule has 4 heteroatoms. The van der Waals surface area contributed by atoms with E-state index in [1.54, 1.807) is 6.20 Å². The highest BCUT2D eigenvalue weighted by Gasteiger charge is 2.01. The highest BCUT2D eigenvalue weighted by atomic mass is 16.3. The van der Waals surface area contributed by atoms with Crippen molar-refractivity contribution in [3.8, 4) is 0 Å². The van der Waals surface area contributed by atoms with Crippen LogP contribution in [-0.2, 0) is 13.2 Å². The van der Waals surface area contributed by atoms with Gasteiger partial charge in [0.25, 0.3) is 0 Å². The Labute approximate surface area is 106 Å². The lowest BCUT2D eigenvalue weighted by Crippen LogP contribution is -2.04. The van der Waals surface area contributed by atoms with Gasteiger partial charge in [0.1, 0.15) is 5.82 Å². The Hall–Kier alpha value is -2.07. The number of rotatable bonds is 4. The number of aliphatic hydroxyl groups is 1. The summed E-state index contributed by atoms with van der Waals surface area (Å²) in [5, 5.41) is 12.3. The van der Waals surface area contributed by atoms with Crippen LogP contribution in [0, 0.1) is 6.92 Å². The summed E-state index contributed by atoms with van der Waals surface area (Å²) in [4.78, 5) is 4.25. The number of anilines is 2. The van der Waals surface area contributed by atoms with Gasteiger partial charge in [0.15, 0.2) is 0 Å². The highest BCUT2D eigenvalue weighted by Crippen LogP contribution is 2.15. The molecule has 0 aliphatic carbocycles. The van der Waals surface area contributed by atoms with Crippen LogP contribution in [0.3, 0.4) is 0 Å². The minimum atomic E-state index is 0.0625. The fourth-order valence-electron chi connectivity index (χ4n) is 1.81. The van der Waals surface area contributed by atoms with E-state index in [1.807, 2.05) is 37.3 Å². The van der Waals surface area contributed by atoms with Crippen LogP contribution in [0.5, 0.6) is 0 Å². The standard InChI is InChI=1S/C14H17N3O/c1-10-5-13(15)8-17-14(10)16-7-11-3-2-4-12(6-11)9-18/h2-6,8,18H,7,9,15H2,1H3,(H,16,17). The van der Waals surface area contributed by atoms with Gasteiger partial charge in [-0.1, -0.05) is 24.3 Å². The summed E-state index contributed by atoms with van der Waals surface area (Å²) in [6.07, 6.45) is 1.64. The molecule has 1 aromatic carbocycles. The first-order chi connectivity index (χ1) is 8.69. The van der Waals surface area contributed by atoms with Crippen molar-refractivity contribution >= 4 is 11.5 Å². The Morgan fingerprint density at radius 1 is 1.28 bits per heavy atom. The smallest absolute Gasteiger partial charge is 0.129 e. The summed E-state index contributed by atoms with van der Waals surface area (Å²) in [5.74, 6) is 0.832. The molecule has 2 rings (SSSR count). The zero-order valence-corrected chi connectivity index (χ0v) is 10.4. The predicted molar refractivity (Wildman–Crippen MR) is 73.1 cm³/mol. The number of aromatic nitrogens is 1. The van der Waals surface area contributed by atoms with E-state index in [1.165, 1.54) is 0 Å². The van der Waals surface area contributed by atoms with Crippen LogP contribution in [0.25, 0.3) is 0 Å². The van der Waals surface area contributed by atoms with E-state index in [0.29, 0.717) is 12.2 Å². The minimum Gasteiger partial charge on any atom is -0.397 e. The molecule has 0 saturated carbocycles. The Morgan fingerprint density at radius 2 is 2.06 bits per heavy atom. The van der Waals surface area contributed by atoms with Crippen LogP contribution < -0.4 is 11.1 Å². The third-order valence-electron chi connectivity index (χ3n) is 2.73. The number of nitrogens with one attached hydrogen (secondary N) is 1. The molecule has 0 aliphatic heterocycles. The molecule has 18 heavy (non-hydrogen) atoms. The van der Waals surface area contributed by atoms with Crippen molar-refractivity contribution in [3.05, 3.63) is 53.2 Å². The van der Waals surface area contributed by atoms with Crippen molar-refractivity contribution in [2.75, 3.05) is 11.1 Å². The molecule has 2 aromatic rings. The quantitative estimate of drug-likeness (QED) is 0.768. The maximum atomic E-state index is 9.08. The fourth-order valence-corrected chi connectivity index (χ4v) is 1.81. The Kier molecular flexibility index (Phi) is 3.79. The SMILES string of the molecule is Cc1cc(N)cnc1NCc1cccc(CO)c1. The van der Waals surface area contributed by atoms with Gasteiger partial charge in [0.2, 0.25) is 0 Å². The lowest BCUT2D eigenvalue weighted by molar-refractivity contribution is 0.281. The Morgan fingerprint density at radius 3 is 2.78 bits per heavy atom. The number of nitrogens with two attached hydrogens (primary N) is 1. The normalized spacial score (nSPS) is 10.3. The van der Waals surface area contributed by atoms with E-state index in [-0.39, 0.29) is 6.61 Å². The lowest BCUT2D eigenvalue weighted by atomic mass is 10.1. The van der Waals surface area contributed by atoms with Gasteiger partial charge in [-0.25, -0.2) is 4.98 Å². The number of aliphatic hydroxyl groups excluding tert-OH is 1. The van der Waals surface area contributed by atoms with Gasteiger partial charge in [0, 0.05) is 6.54 Å². The second-order valence-corrected chi connectivity index (χ2v) is 4.27. The molecule has 0 fully saturated rings. The zero-order valence-electron chi connectivity index (χ0n) is 10.4. The van der Waals surface area contributed by atoms with Gasteiger partial charge in [-0.3, -0.25) is 0 Å². The molecular weight excluding hydrogens is 226 g/mol. The summed E-state index contributed by atoms with van der Waals surface area (Å²) < 4.78 is 0. The molecule has 0 spiro atoms. The van der Waals surface area contributed by atoms with Crippen molar-refractivity contribution in [2.45, 2.75) is 20.1 Å². The van der Waals surface area contributed by atoms with Gasteiger partial charge < -0.3 is 16.2 Å². The van der Waals surface area contributed by atoms with Crippen molar-refractivity contribution in [3.63, 3.8) is 0 Å². The van der Waals surface area contributed by atoms with Crippen LogP contribution in [0.2, 0.25) is 0 Å². The number of nitrogens with zero attached hydrogens (tertiary/aromatic N) is 1. The summed E-state index contributed by atoms with van der Waals surface area (Å²) in [6, 6.07) is 9.71. The number of hydrogen-bond acceptors (Lipinski definition) is 4. The number of pyridine rings is 1. The molecule has 0 radical (unpaired) electrons. The monoisotopic (exact) mass is 243 g/mol. The number of hydrogen-bond donors (Lipinski definition) is 3. The Balaban J connectivity index is 2.06. The lowest BCUT2D eigenvalue weighted by Gasteiger charge is -2.09. The van der Waals surface area contributed by atoms with Gasteiger partial charge >= 0.3 is 0 Å². The average molecular weight is 243 g/mol. The second-order valence-electron chi connectivity index (χ2n) is 4.27. The fraction of sp³-hybridized carbons (Fsp3) is 0.214. The van der Waals surface area contributed by atoms with Crippen molar-refractivity contribution in [1.82, 2.24) is 4.98 Å². The Bertz CT molecular complexity index is 540. The predicted octanol–water partition coefficient (Wildman–Crippen LogP) is 2.08. The van der Waals surface area contributed by atoms with Crippen LogP contribution >= 0.6 is 0 Å². The van der Waals surface area contributed by atoms with Crippen LogP contribution in [-0.4, -0.2) is 10.1 Å². The van der Waals surface area contributed by atoms with Gasteiger partial charge in [-0.2, -0.15) is 0 Å². The van der Waals surface area contributed by atoms with Crippen LogP contribution in [0.1, 0.15) is 16.7 Å². The third kappa shape index (κ3) is 2.99. The maximum absolute atomic E-state index is 9.08. The number of nitrogen functional groups attached to an aromatic ring is 1. The molecule has 0 atom stereocenters. The first-order valence-corrected chi connectivity index (χ1v) is 5.83. The molecular formula is C14H17N3O. The molecule has 1 aromatic heterocycles. The second kappa shape index (κ2) is 5.51. The van der Waals surface area contributed by atoms with Gasteiger partial charge in [-0.15, -0.1) is 0 Å². The third-order valence-corrected chi connectivity index (χ3v) is 2.73. The van der Waals surface area contributed by atoms with E-state index in [0.717, 1.165) is 22.5 Å². The topological polar surface area (TPSA) is 71.2 Å². The first-order valence-electron chi connectivity index (χ1n) is 5.83. The molecule has 0 saturated heterocycles. The van der Waals surface area contributed by atoms with E-state index in [2.05, 4.69) is 10.3 Å². The van der Waals surface area contributed by atoms with Gasteiger partial charge in [-0.05, 0) is 29.7 Å². The van der Waals surface area contributed by atoms with Gasteiger partial charge in [0.05, 0.1) is 18.5 Å². The molecule has 0 amide bonds. The molecule has 4 N–H and O–H groups in total. The number of aryl methyl sites for hydroxylation is 1.